The monoisotopic (exact) mass is 672 g/mol. The van der Waals surface area contributed by atoms with Crippen molar-refractivity contribution in [1.82, 2.24) is 20.3 Å². The van der Waals surface area contributed by atoms with E-state index >= 15 is 0 Å². The molecule has 3 atom stereocenters. The van der Waals surface area contributed by atoms with Gasteiger partial charge in [0.1, 0.15) is 0 Å². The summed E-state index contributed by atoms with van der Waals surface area (Å²) in [5.74, 6) is 0.363. The first-order chi connectivity index (χ1) is 23.4. The first-order valence-electron chi connectivity index (χ1n) is 16.4. The van der Waals surface area contributed by atoms with E-state index in [1.54, 1.807) is 23.4 Å². The number of carbonyl (C=O) groups is 2. The lowest BCUT2D eigenvalue weighted by Gasteiger charge is -2.36. The molecule has 0 spiro atoms. The number of aliphatic hydroxyl groups excluding tert-OH is 1. The molecule has 11 heteroatoms. The maximum Gasteiger partial charge on any atom is 0.243 e. The molecule has 48 heavy (non-hydrogen) atoms. The number of nitrogens with zero attached hydrogens (tertiary/aromatic N) is 2. The number of aliphatic hydroxyl groups is 1. The summed E-state index contributed by atoms with van der Waals surface area (Å²) in [4.78, 5) is 27.9. The van der Waals surface area contributed by atoms with Crippen LogP contribution in [-0.4, -0.2) is 43.5 Å². The summed E-state index contributed by atoms with van der Waals surface area (Å²) in [6.45, 7) is 0.450. The number of amides is 2. The van der Waals surface area contributed by atoms with E-state index < -0.39 is 6.29 Å². The summed E-state index contributed by atoms with van der Waals surface area (Å²) in [6, 6.07) is 24.3. The van der Waals surface area contributed by atoms with E-state index in [1.165, 1.54) is 0 Å². The molecular weight excluding hydrogens is 628 g/mol. The van der Waals surface area contributed by atoms with Gasteiger partial charge in [0.15, 0.2) is 11.4 Å². The Hall–Kier alpha value is -4.00. The van der Waals surface area contributed by atoms with E-state index in [9.17, 15) is 14.7 Å². The third-order valence-corrected chi connectivity index (χ3v) is 9.60. The van der Waals surface area contributed by atoms with Gasteiger partial charge in [0, 0.05) is 56.6 Å². The molecule has 0 radical (unpaired) electrons. The highest BCUT2D eigenvalue weighted by Gasteiger charge is 2.32. The molecule has 0 saturated carbocycles. The molecule has 0 bridgehead atoms. The maximum absolute atomic E-state index is 12.4. The van der Waals surface area contributed by atoms with Gasteiger partial charge in [-0.3, -0.25) is 14.8 Å². The molecule has 1 aromatic heterocycles. The van der Waals surface area contributed by atoms with Crippen molar-refractivity contribution in [3.63, 3.8) is 0 Å². The van der Waals surface area contributed by atoms with E-state index in [1.807, 2.05) is 66.3 Å². The van der Waals surface area contributed by atoms with Crippen molar-refractivity contribution in [2.75, 3.05) is 5.75 Å². The van der Waals surface area contributed by atoms with Gasteiger partial charge in [-0.15, -0.1) is 0 Å². The van der Waals surface area contributed by atoms with Crippen LogP contribution < -0.4 is 10.8 Å². The minimum absolute atomic E-state index is 0.00216. The van der Waals surface area contributed by atoms with Gasteiger partial charge in [-0.25, -0.2) is 10.5 Å². The number of carbonyl (C=O) groups excluding carboxylic acids is 2. The second-order valence-electron chi connectivity index (χ2n) is 12.0. The van der Waals surface area contributed by atoms with Crippen molar-refractivity contribution in [2.24, 2.45) is 7.05 Å². The summed E-state index contributed by atoms with van der Waals surface area (Å²) in [5, 5.41) is 22.0. The fourth-order valence-electron chi connectivity index (χ4n) is 5.64. The van der Waals surface area contributed by atoms with Gasteiger partial charge in [-0.2, -0.15) is 0 Å². The van der Waals surface area contributed by atoms with Gasteiger partial charge < -0.3 is 24.5 Å². The lowest BCUT2D eigenvalue weighted by molar-refractivity contribution is -0.245. The highest BCUT2D eigenvalue weighted by Crippen LogP contribution is 2.39. The Kier molecular flexibility index (Phi) is 13.2. The lowest BCUT2D eigenvalue weighted by Crippen LogP contribution is -2.31. The van der Waals surface area contributed by atoms with Crippen LogP contribution in [0.2, 0.25) is 0 Å². The standard InChI is InChI=1S/C37H44N4O6S/c1-41-20-19-38-37(41)48-25-32-22-33(29-13-11-26(24-42)12-14-29)47-36(46-32)30-17-15-28(16-18-30)31-8-6-7-27(21-31)23-39-34(43)9-4-2-3-5-10-35(44)40-45/h6-8,11-21,32-33,36,42,45H,2-5,9-10,22-25H2,1H3,(H,39,43)(H,40,44)/t32-,33+,36+/m0/s1. The molecule has 3 aromatic carbocycles. The van der Waals surface area contributed by atoms with Crippen LogP contribution in [0.3, 0.4) is 0 Å². The van der Waals surface area contributed by atoms with Crippen molar-refractivity contribution < 1.29 is 29.4 Å². The molecule has 2 heterocycles. The number of imidazole rings is 1. The molecule has 4 N–H and O–H groups in total. The number of nitrogens with one attached hydrogen (secondary N) is 2. The summed E-state index contributed by atoms with van der Waals surface area (Å²) < 4.78 is 15.0. The summed E-state index contributed by atoms with van der Waals surface area (Å²) >= 11 is 1.67. The fraction of sp³-hybridized carbons (Fsp3) is 0.378. The zero-order valence-corrected chi connectivity index (χ0v) is 28.0. The zero-order chi connectivity index (χ0) is 33.7. The number of aromatic nitrogens is 2. The number of hydrogen-bond acceptors (Lipinski definition) is 8. The third kappa shape index (κ3) is 10.2. The van der Waals surface area contributed by atoms with E-state index in [2.05, 4.69) is 34.6 Å². The fourth-order valence-corrected chi connectivity index (χ4v) is 6.59. The minimum atomic E-state index is -0.538. The molecule has 4 aromatic rings. The predicted octanol–water partition coefficient (Wildman–Crippen LogP) is 6.38. The van der Waals surface area contributed by atoms with E-state index in [0.717, 1.165) is 63.6 Å². The smallest absolute Gasteiger partial charge is 0.243 e. The third-order valence-electron chi connectivity index (χ3n) is 8.41. The minimum Gasteiger partial charge on any atom is -0.392 e. The predicted molar refractivity (Wildman–Crippen MR) is 184 cm³/mol. The normalized spacial score (nSPS) is 17.6. The average molecular weight is 673 g/mol. The molecule has 254 valence electrons. The Labute approximate surface area is 285 Å². The number of hydroxylamine groups is 1. The highest BCUT2D eigenvalue weighted by molar-refractivity contribution is 7.99. The molecular formula is C37H44N4O6S. The number of rotatable bonds is 16. The van der Waals surface area contributed by atoms with E-state index in [-0.39, 0.29) is 30.6 Å². The molecule has 0 aliphatic carbocycles. The zero-order valence-electron chi connectivity index (χ0n) is 27.2. The van der Waals surface area contributed by atoms with Crippen LogP contribution in [0, 0.1) is 0 Å². The second kappa shape index (κ2) is 18.0. The number of thioether (sulfide) groups is 1. The van der Waals surface area contributed by atoms with Gasteiger partial charge >= 0.3 is 0 Å². The SMILES string of the molecule is Cn1ccnc1SC[C@@H]1C[C@H](c2ccc(CO)cc2)O[C@H](c2ccc(-c3cccc(CNC(=O)CCCCCCC(=O)NO)c3)cc2)O1. The van der Waals surface area contributed by atoms with Crippen molar-refractivity contribution >= 4 is 23.6 Å². The Balaban J connectivity index is 1.18. The number of benzene rings is 3. The van der Waals surface area contributed by atoms with Crippen molar-refractivity contribution in [2.45, 2.75) is 81.8 Å². The Morgan fingerprint density at radius 1 is 0.896 bits per heavy atom. The number of unbranched alkanes of at least 4 members (excludes halogenated alkanes) is 3. The van der Waals surface area contributed by atoms with Gasteiger partial charge in [0.05, 0.1) is 18.8 Å². The molecule has 5 rings (SSSR count). The molecule has 0 unspecified atom stereocenters. The Bertz CT molecular complexity index is 1610. The Morgan fingerprint density at radius 3 is 2.31 bits per heavy atom. The molecule has 2 amide bonds. The molecule has 10 nitrogen and oxygen atoms in total. The number of aryl methyl sites for hydroxylation is 1. The summed E-state index contributed by atoms with van der Waals surface area (Å²) in [7, 11) is 1.99. The molecule has 1 aliphatic heterocycles. The van der Waals surface area contributed by atoms with E-state index in [0.29, 0.717) is 32.2 Å². The van der Waals surface area contributed by atoms with Crippen LogP contribution in [0.25, 0.3) is 11.1 Å². The van der Waals surface area contributed by atoms with Crippen LogP contribution in [0.1, 0.15) is 79.6 Å². The molecule has 1 fully saturated rings. The van der Waals surface area contributed by atoms with Crippen LogP contribution in [0.4, 0.5) is 0 Å². The van der Waals surface area contributed by atoms with Crippen LogP contribution in [0.5, 0.6) is 0 Å². The van der Waals surface area contributed by atoms with Crippen LogP contribution in [0.15, 0.2) is 90.3 Å². The molecule has 1 saturated heterocycles. The average Bonchev–Trinajstić information content (AvgIpc) is 3.55. The maximum atomic E-state index is 12.4. The Morgan fingerprint density at radius 2 is 1.62 bits per heavy atom. The van der Waals surface area contributed by atoms with Gasteiger partial charge in [-0.05, 0) is 46.7 Å². The summed E-state index contributed by atoms with van der Waals surface area (Å²) in [6.07, 6.45) is 7.57. The van der Waals surface area contributed by atoms with Crippen molar-refractivity contribution in [3.8, 4) is 11.1 Å². The highest BCUT2D eigenvalue weighted by atomic mass is 32.2. The van der Waals surface area contributed by atoms with Crippen molar-refractivity contribution in [3.05, 3.63) is 107 Å². The molecule has 1 aliphatic rings. The van der Waals surface area contributed by atoms with Gasteiger partial charge in [0.25, 0.3) is 0 Å². The number of hydrogen-bond donors (Lipinski definition) is 4. The van der Waals surface area contributed by atoms with E-state index in [4.69, 9.17) is 14.7 Å². The largest absolute Gasteiger partial charge is 0.392 e. The van der Waals surface area contributed by atoms with Crippen molar-refractivity contribution in [1.29, 1.82) is 0 Å². The summed E-state index contributed by atoms with van der Waals surface area (Å²) in [5.41, 5.74) is 7.60. The topological polar surface area (TPSA) is 135 Å². The van der Waals surface area contributed by atoms with Crippen LogP contribution in [-0.2, 0) is 39.3 Å². The van der Waals surface area contributed by atoms with Gasteiger partial charge in [0.2, 0.25) is 11.8 Å². The lowest BCUT2D eigenvalue weighted by atomic mass is 9.99. The van der Waals surface area contributed by atoms with Gasteiger partial charge in [-0.1, -0.05) is 91.3 Å². The second-order valence-corrected chi connectivity index (χ2v) is 13.0. The number of ether oxygens (including phenoxy) is 2. The van der Waals surface area contributed by atoms with Crippen LogP contribution >= 0.6 is 11.8 Å². The first kappa shape index (κ1) is 35.3. The quantitative estimate of drug-likeness (QED) is 0.0466. The first-order valence-corrected chi connectivity index (χ1v) is 17.4.